The standard InChI is InChI=1S/C16H27BO4/c1-13(2)6-4-7-14(3)10-11-20-15-8-5-9-16(12-15)21-17(18)19/h5,8-9,12-14,18-19H,4,6-7,10-11H2,1-3H3. The highest BCUT2D eigenvalue weighted by Crippen LogP contribution is 2.21. The molecule has 0 radical (unpaired) electrons. The van der Waals surface area contributed by atoms with Crippen LogP contribution in [0, 0.1) is 11.8 Å². The van der Waals surface area contributed by atoms with Gasteiger partial charge in [0, 0.05) is 6.07 Å². The van der Waals surface area contributed by atoms with Crippen LogP contribution in [0.25, 0.3) is 0 Å². The highest BCUT2D eigenvalue weighted by Gasteiger charge is 2.11. The van der Waals surface area contributed by atoms with Crippen molar-refractivity contribution in [3.05, 3.63) is 24.3 Å². The molecule has 0 saturated heterocycles. The second kappa shape index (κ2) is 9.69. The molecule has 0 heterocycles. The summed E-state index contributed by atoms with van der Waals surface area (Å²) in [6, 6.07) is 6.91. The molecule has 0 bridgehead atoms. The zero-order valence-electron chi connectivity index (χ0n) is 13.3. The summed E-state index contributed by atoms with van der Waals surface area (Å²) < 4.78 is 10.5. The summed E-state index contributed by atoms with van der Waals surface area (Å²) in [6.07, 6.45) is 4.82. The van der Waals surface area contributed by atoms with E-state index in [1.165, 1.54) is 19.3 Å². The Morgan fingerprint density at radius 1 is 1.05 bits per heavy atom. The average molecular weight is 294 g/mol. The van der Waals surface area contributed by atoms with Gasteiger partial charge in [0.2, 0.25) is 0 Å². The average Bonchev–Trinajstić information content (AvgIpc) is 2.38. The van der Waals surface area contributed by atoms with Crippen molar-refractivity contribution in [3.63, 3.8) is 0 Å². The highest BCUT2D eigenvalue weighted by molar-refractivity contribution is 6.33. The number of benzene rings is 1. The Balaban J connectivity index is 2.25. The minimum Gasteiger partial charge on any atom is -0.512 e. The number of rotatable bonds is 10. The van der Waals surface area contributed by atoms with Crippen molar-refractivity contribution in [3.8, 4) is 11.5 Å². The lowest BCUT2D eigenvalue weighted by atomic mass is 9.98. The predicted octanol–water partition coefficient (Wildman–Crippen LogP) is 3.27. The van der Waals surface area contributed by atoms with Crippen molar-refractivity contribution < 1.29 is 19.4 Å². The van der Waals surface area contributed by atoms with E-state index in [1.807, 2.05) is 6.07 Å². The molecule has 2 N–H and O–H groups in total. The lowest BCUT2D eigenvalue weighted by Gasteiger charge is -2.13. The molecule has 0 aliphatic heterocycles. The Kier molecular flexibility index (Phi) is 8.24. The van der Waals surface area contributed by atoms with Crippen molar-refractivity contribution in [2.24, 2.45) is 11.8 Å². The fourth-order valence-corrected chi connectivity index (χ4v) is 2.16. The van der Waals surface area contributed by atoms with E-state index in [1.54, 1.807) is 18.2 Å². The molecule has 0 spiro atoms. The van der Waals surface area contributed by atoms with Gasteiger partial charge in [0.05, 0.1) is 6.61 Å². The summed E-state index contributed by atoms with van der Waals surface area (Å²) in [4.78, 5) is 0. The second-order valence-electron chi connectivity index (χ2n) is 5.99. The van der Waals surface area contributed by atoms with E-state index in [9.17, 15) is 0 Å². The Morgan fingerprint density at radius 2 is 1.76 bits per heavy atom. The molecule has 4 nitrogen and oxygen atoms in total. The van der Waals surface area contributed by atoms with Crippen molar-refractivity contribution in [2.45, 2.75) is 46.5 Å². The molecular weight excluding hydrogens is 267 g/mol. The third kappa shape index (κ3) is 8.63. The second-order valence-corrected chi connectivity index (χ2v) is 5.99. The van der Waals surface area contributed by atoms with Crippen LogP contribution in [0.3, 0.4) is 0 Å². The van der Waals surface area contributed by atoms with Crippen LogP contribution in [0.15, 0.2) is 24.3 Å². The van der Waals surface area contributed by atoms with Crippen LogP contribution in [-0.4, -0.2) is 24.0 Å². The van der Waals surface area contributed by atoms with Gasteiger partial charge in [-0.25, -0.2) is 0 Å². The third-order valence-corrected chi connectivity index (χ3v) is 3.40. The molecule has 0 amide bonds. The molecule has 118 valence electrons. The van der Waals surface area contributed by atoms with Gasteiger partial charge in [-0.05, 0) is 30.4 Å². The molecule has 1 aromatic rings. The van der Waals surface area contributed by atoms with Gasteiger partial charge in [-0.15, -0.1) is 0 Å². The maximum Gasteiger partial charge on any atom is 0.707 e. The van der Waals surface area contributed by atoms with Gasteiger partial charge in [-0.2, -0.15) is 0 Å². The maximum atomic E-state index is 8.76. The first kappa shape index (κ1) is 17.9. The largest absolute Gasteiger partial charge is 0.707 e. The van der Waals surface area contributed by atoms with E-state index < -0.39 is 7.32 Å². The first-order valence-corrected chi connectivity index (χ1v) is 7.73. The fourth-order valence-electron chi connectivity index (χ4n) is 2.16. The van der Waals surface area contributed by atoms with E-state index >= 15 is 0 Å². The Hall–Kier alpha value is -1.20. The minimum absolute atomic E-state index is 0.382. The number of ether oxygens (including phenoxy) is 1. The van der Waals surface area contributed by atoms with E-state index in [-0.39, 0.29) is 0 Å². The molecule has 0 fully saturated rings. The number of hydrogen-bond donors (Lipinski definition) is 2. The van der Waals surface area contributed by atoms with Crippen molar-refractivity contribution >= 4 is 7.32 Å². The first-order chi connectivity index (χ1) is 9.97. The minimum atomic E-state index is -1.80. The van der Waals surface area contributed by atoms with Crippen molar-refractivity contribution in [2.75, 3.05) is 6.61 Å². The van der Waals surface area contributed by atoms with Gasteiger partial charge in [-0.3, -0.25) is 0 Å². The molecule has 21 heavy (non-hydrogen) atoms. The summed E-state index contributed by atoms with van der Waals surface area (Å²) in [5.74, 6) is 2.50. The molecule has 5 heteroatoms. The van der Waals surface area contributed by atoms with Crippen LogP contribution in [-0.2, 0) is 0 Å². The summed E-state index contributed by atoms with van der Waals surface area (Å²) in [5, 5.41) is 17.5. The van der Waals surface area contributed by atoms with E-state index in [0.29, 0.717) is 24.0 Å². The van der Waals surface area contributed by atoms with Crippen molar-refractivity contribution in [1.82, 2.24) is 0 Å². The van der Waals surface area contributed by atoms with E-state index in [0.717, 1.165) is 12.3 Å². The van der Waals surface area contributed by atoms with Gasteiger partial charge in [0.25, 0.3) is 0 Å². The molecular formula is C16H27BO4. The summed E-state index contributed by atoms with van der Waals surface area (Å²) in [6.45, 7) is 7.43. The van der Waals surface area contributed by atoms with Gasteiger partial charge in [0.1, 0.15) is 11.5 Å². The quantitative estimate of drug-likeness (QED) is 0.650. The lowest BCUT2D eigenvalue weighted by molar-refractivity contribution is 0.271. The summed E-state index contributed by atoms with van der Waals surface area (Å²) in [7, 11) is -1.80. The van der Waals surface area contributed by atoms with Gasteiger partial charge < -0.3 is 19.4 Å². The van der Waals surface area contributed by atoms with Crippen LogP contribution in [0.4, 0.5) is 0 Å². The maximum absolute atomic E-state index is 8.76. The molecule has 0 saturated carbocycles. The summed E-state index contributed by atoms with van der Waals surface area (Å²) >= 11 is 0. The Morgan fingerprint density at radius 3 is 2.43 bits per heavy atom. The molecule has 0 aliphatic carbocycles. The zero-order valence-corrected chi connectivity index (χ0v) is 13.3. The predicted molar refractivity (Wildman–Crippen MR) is 85.2 cm³/mol. The summed E-state index contributed by atoms with van der Waals surface area (Å²) in [5.41, 5.74) is 0. The molecule has 1 atom stereocenters. The third-order valence-electron chi connectivity index (χ3n) is 3.40. The van der Waals surface area contributed by atoms with Crippen LogP contribution >= 0.6 is 0 Å². The van der Waals surface area contributed by atoms with E-state index in [2.05, 4.69) is 20.8 Å². The van der Waals surface area contributed by atoms with Crippen LogP contribution in [0.2, 0.25) is 0 Å². The normalized spacial score (nSPS) is 12.3. The van der Waals surface area contributed by atoms with Crippen LogP contribution < -0.4 is 9.39 Å². The molecule has 1 unspecified atom stereocenters. The Labute approximate surface area is 128 Å². The molecule has 1 aromatic carbocycles. The zero-order chi connectivity index (χ0) is 15.7. The molecule has 0 aliphatic rings. The lowest BCUT2D eigenvalue weighted by Crippen LogP contribution is -2.20. The van der Waals surface area contributed by atoms with Gasteiger partial charge in [-0.1, -0.05) is 46.1 Å². The fraction of sp³-hybridized carbons (Fsp3) is 0.625. The first-order valence-electron chi connectivity index (χ1n) is 7.73. The van der Waals surface area contributed by atoms with Crippen LogP contribution in [0.1, 0.15) is 46.5 Å². The smallest absolute Gasteiger partial charge is 0.512 e. The Bertz CT molecular complexity index is 396. The highest BCUT2D eigenvalue weighted by atomic mass is 16.6. The van der Waals surface area contributed by atoms with E-state index in [4.69, 9.17) is 19.4 Å². The molecule has 1 rings (SSSR count). The van der Waals surface area contributed by atoms with Crippen LogP contribution in [0.5, 0.6) is 11.5 Å². The van der Waals surface area contributed by atoms with Crippen molar-refractivity contribution in [1.29, 1.82) is 0 Å². The van der Waals surface area contributed by atoms with Gasteiger partial charge in [0.15, 0.2) is 0 Å². The monoisotopic (exact) mass is 294 g/mol. The number of hydrogen-bond acceptors (Lipinski definition) is 4. The van der Waals surface area contributed by atoms with Gasteiger partial charge >= 0.3 is 7.32 Å². The topological polar surface area (TPSA) is 58.9 Å². The molecule has 0 aromatic heterocycles. The SMILES string of the molecule is CC(C)CCCC(C)CCOc1cccc(OB(O)O)c1.